The molecule has 6 nitrogen and oxygen atoms in total. The van der Waals surface area contributed by atoms with Gasteiger partial charge in [-0.2, -0.15) is 0 Å². The Kier molecular flexibility index (Phi) is 4.31. The Morgan fingerprint density at radius 3 is 2.95 bits per heavy atom. The van der Waals surface area contributed by atoms with Crippen molar-refractivity contribution in [1.82, 2.24) is 20.2 Å². The number of tetrazole rings is 1. The normalized spacial score (nSPS) is 12.6. The first kappa shape index (κ1) is 14.1. The summed E-state index contributed by atoms with van der Waals surface area (Å²) in [5.41, 5.74) is 1.13. The van der Waals surface area contributed by atoms with E-state index in [1.807, 2.05) is 13.0 Å². The minimum atomic E-state index is -0.802. The van der Waals surface area contributed by atoms with E-state index in [0.717, 1.165) is 14.2 Å². The second-order valence-electron chi connectivity index (χ2n) is 4.32. The van der Waals surface area contributed by atoms with Crippen LogP contribution in [0.3, 0.4) is 0 Å². The fraction of sp³-hybridized carbons (Fsp3) is 0.455. The van der Waals surface area contributed by atoms with Gasteiger partial charge in [0.15, 0.2) is 5.82 Å². The Morgan fingerprint density at radius 1 is 1.63 bits per heavy atom. The van der Waals surface area contributed by atoms with Crippen molar-refractivity contribution in [2.24, 2.45) is 5.92 Å². The quantitative estimate of drug-likeness (QED) is 0.901. The molecule has 0 bridgehead atoms. The standard InChI is InChI=1S/C11H13BrN4O2S/c1-6(11(17)18)3-4-16-10(13-14-15-16)8-5-7(2)9(12)19-8/h5-6H,3-4H2,1-2H3,(H,17,18). The number of thiophene rings is 1. The lowest BCUT2D eigenvalue weighted by molar-refractivity contribution is -0.141. The second kappa shape index (κ2) is 5.79. The van der Waals surface area contributed by atoms with Gasteiger partial charge in [0.2, 0.25) is 0 Å². The minimum absolute atomic E-state index is 0.408. The summed E-state index contributed by atoms with van der Waals surface area (Å²) in [6.07, 6.45) is 0.499. The summed E-state index contributed by atoms with van der Waals surface area (Å²) in [7, 11) is 0. The molecule has 2 rings (SSSR count). The molecule has 8 heteroatoms. The molecule has 0 spiro atoms. The highest BCUT2D eigenvalue weighted by molar-refractivity contribution is 9.11. The molecule has 0 aliphatic carbocycles. The van der Waals surface area contributed by atoms with E-state index in [2.05, 4.69) is 31.5 Å². The zero-order valence-corrected chi connectivity index (χ0v) is 12.9. The first-order valence-electron chi connectivity index (χ1n) is 5.74. The van der Waals surface area contributed by atoms with Crippen LogP contribution in [-0.4, -0.2) is 31.3 Å². The van der Waals surface area contributed by atoms with Crippen LogP contribution in [0.15, 0.2) is 9.85 Å². The van der Waals surface area contributed by atoms with E-state index in [-0.39, 0.29) is 0 Å². The monoisotopic (exact) mass is 344 g/mol. The number of hydrogen-bond donors (Lipinski definition) is 1. The summed E-state index contributed by atoms with van der Waals surface area (Å²) in [6, 6.07) is 2.01. The lowest BCUT2D eigenvalue weighted by Gasteiger charge is -2.06. The molecule has 19 heavy (non-hydrogen) atoms. The van der Waals surface area contributed by atoms with Gasteiger partial charge in [-0.25, -0.2) is 4.68 Å². The molecule has 0 aromatic carbocycles. The number of aromatic nitrogens is 4. The third-order valence-corrected chi connectivity index (χ3v) is 4.94. The van der Waals surface area contributed by atoms with Crippen molar-refractivity contribution in [1.29, 1.82) is 0 Å². The van der Waals surface area contributed by atoms with E-state index in [1.165, 1.54) is 0 Å². The molecule has 0 radical (unpaired) electrons. The van der Waals surface area contributed by atoms with E-state index in [9.17, 15) is 4.79 Å². The van der Waals surface area contributed by atoms with Gasteiger partial charge in [0.25, 0.3) is 0 Å². The Labute approximate surface area is 122 Å². The fourth-order valence-corrected chi connectivity index (χ4v) is 3.07. The topological polar surface area (TPSA) is 80.9 Å². The van der Waals surface area contributed by atoms with Gasteiger partial charge in [0.05, 0.1) is 14.6 Å². The van der Waals surface area contributed by atoms with Gasteiger partial charge in [0, 0.05) is 6.54 Å². The Morgan fingerprint density at radius 2 is 2.37 bits per heavy atom. The summed E-state index contributed by atoms with van der Waals surface area (Å²) in [4.78, 5) is 11.8. The number of carbonyl (C=O) groups is 1. The Bertz CT molecular complexity index is 576. The van der Waals surface area contributed by atoms with Crippen LogP contribution in [0.5, 0.6) is 0 Å². The van der Waals surface area contributed by atoms with E-state index in [1.54, 1.807) is 22.9 Å². The molecule has 2 heterocycles. The van der Waals surface area contributed by atoms with Crippen LogP contribution in [0.4, 0.5) is 0 Å². The number of rotatable bonds is 5. The predicted molar refractivity (Wildman–Crippen MR) is 75.0 cm³/mol. The van der Waals surface area contributed by atoms with Crippen LogP contribution < -0.4 is 0 Å². The van der Waals surface area contributed by atoms with Crippen LogP contribution in [0, 0.1) is 12.8 Å². The maximum atomic E-state index is 10.8. The van der Waals surface area contributed by atoms with Crippen molar-refractivity contribution in [3.63, 3.8) is 0 Å². The van der Waals surface area contributed by atoms with Crippen LogP contribution in [-0.2, 0) is 11.3 Å². The smallest absolute Gasteiger partial charge is 0.306 e. The molecule has 1 N–H and O–H groups in total. The predicted octanol–water partition coefficient (Wildman–Crippen LogP) is 2.58. The average Bonchev–Trinajstić information content (AvgIpc) is 2.93. The van der Waals surface area contributed by atoms with Crippen molar-refractivity contribution < 1.29 is 9.90 Å². The number of carboxylic acids is 1. The number of halogens is 1. The van der Waals surface area contributed by atoms with E-state index in [0.29, 0.717) is 18.8 Å². The summed E-state index contributed by atoms with van der Waals surface area (Å²) >= 11 is 5.03. The van der Waals surface area contributed by atoms with Crippen molar-refractivity contribution in [2.75, 3.05) is 0 Å². The Hall–Kier alpha value is -1.28. The second-order valence-corrected chi connectivity index (χ2v) is 6.69. The van der Waals surface area contributed by atoms with Crippen molar-refractivity contribution in [3.05, 3.63) is 15.4 Å². The van der Waals surface area contributed by atoms with Gasteiger partial charge in [-0.05, 0) is 51.3 Å². The molecule has 0 saturated carbocycles. The van der Waals surface area contributed by atoms with Crippen LogP contribution in [0.2, 0.25) is 0 Å². The largest absolute Gasteiger partial charge is 0.481 e. The molecule has 0 fully saturated rings. The number of aliphatic carboxylic acids is 1. The molecule has 102 valence electrons. The van der Waals surface area contributed by atoms with Gasteiger partial charge >= 0.3 is 5.97 Å². The first-order chi connectivity index (χ1) is 8.99. The maximum absolute atomic E-state index is 10.8. The number of aryl methyl sites for hydroxylation is 2. The van der Waals surface area contributed by atoms with Gasteiger partial charge in [0.1, 0.15) is 0 Å². The van der Waals surface area contributed by atoms with Crippen LogP contribution >= 0.6 is 27.3 Å². The highest BCUT2D eigenvalue weighted by atomic mass is 79.9. The molecule has 0 aliphatic heterocycles. The van der Waals surface area contributed by atoms with Crippen molar-refractivity contribution in [2.45, 2.75) is 26.8 Å². The SMILES string of the molecule is Cc1cc(-c2nnnn2CCC(C)C(=O)O)sc1Br. The zero-order valence-electron chi connectivity index (χ0n) is 10.5. The Balaban J connectivity index is 2.16. The van der Waals surface area contributed by atoms with Crippen molar-refractivity contribution >= 4 is 33.2 Å². The molecule has 0 aliphatic rings. The summed E-state index contributed by atoms with van der Waals surface area (Å²) in [5, 5.41) is 20.5. The highest BCUT2D eigenvalue weighted by Gasteiger charge is 2.16. The molecule has 2 aromatic heterocycles. The molecule has 1 unspecified atom stereocenters. The van der Waals surface area contributed by atoms with E-state index in [4.69, 9.17) is 5.11 Å². The van der Waals surface area contributed by atoms with Crippen LogP contribution in [0.25, 0.3) is 10.7 Å². The fourth-order valence-electron chi connectivity index (χ4n) is 1.54. The highest BCUT2D eigenvalue weighted by Crippen LogP contribution is 2.33. The average molecular weight is 345 g/mol. The molecule has 0 amide bonds. The zero-order chi connectivity index (χ0) is 14.0. The van der Waals surface area contributed by atoms with E-state index >= 15 is 0 Å². The molecule has 0 saturated heterocycles. The lowest BCUT2D eigenvalue weighted by Crippen LogP contribution is -2.13. The van der Waals surface area contributed by atoms with Gasteiger partial charge in [-0.15, -0.1) is 16.4 Å². The summed E-state index contributed by atoms with van der Waals surface area (Å²) < 4.78 is 2.70. The van der Waals surface area contributed by atoms with Crippen molar-refractivity contribution in [3.8, 4) is 10.7 Å². The van der Waals surface area contributed by atoms with E-state index < -0.39 is 11.9 Å². The maximum Gasteiger partial charge on any atom is 0.306 e. The van der Waals surface area contributed by atoms with Crippen LogP contribution in [0.1, 0.15) is 18.9 Å². The third kappa shape index (κ3) is 3.19. The van der Waals surface area contributed by atoms with Gasteiger partial charge in [-0.1, -0.05) is 6.92 Å². The number of hydrogen-bond acceptors (Lipinski definition) is 5. The first-order valence-corrected chi connectivity index (χ1v) is 7.35. The number of carboxylic acid groups (broad SMARTS) is 1. The summed E-state index contributed by atoms with van der Waals surface area (Å²) in [5.74, 6) is -0.533. The molecular weight excluding hydrogens is 332 g/mol. The number of nitrogens with zero attached hydrogens (tertiary/aromatic N) is 4. The molecule has 1 atom stereocenters. The lowest BCUT2D eigenvalue weighted by atomic mass is 10.1. The minimum Gasteiger partial charge on any atom is -0.481 e. The third-order valence-electron chi connectivity index (χ3n) is 2.80. The van der Waals surface area contributed by atoms with Gasteiger partial charge in [-0.3, -0.25) is 4.79 Å². The van der Waals surface area contributed by atoms with Gasteiger partial charge < -0.3 is 5.11 Å². The summed E-state index contributed by atoms with van der Waals surface area (Å²) in [6.45, 7) is 4.17. The molecule has 2 aromatic rings. The molecular formula is C11H13BrN4O2S.